The molecule has 0 amide bonds. The summed E-state index contributed by atoms with van der Waals surface area (Å²) in [4.78, 5) is 20.4. The summed E-state index contributed by atoms with van der Waals surface area (Å²) >= 11 is 1.45. The second kappa shape index (κ2) is 8.57. The first kappa shape index (κ1) is 18.1. The summed E-state index contributed by atoms with van der Waals surface area (Å²) in [5.74, 6) is 1.28. The topological polar surface area (TPSA) is 87.3 Å². The maximum atomic E-state index is 11.9. The first-order chi connectivity index (χ1) is 12.6. The average Bonchev–Trinajstić information content (AvgIpc) is 3.28. The highest BCUT2D eigenvalue weighted by Gasteiger charge is 2.12. The molecule has 3 rings (SSSR count). The fourth-order valence-corrected chi connectivity index (χ4v) is 2.81. The molecule has 0 bridgehead atoms. The van der Waals surface area contributed by atoms with Crippen LogP contribution in [0, 0.1) is 6.92 Å². The molecule has 2 aromatic heterocycles. The van der Waals surface area contributed by atoms with Crippen LogP contribution in [0.2, 0.25) is 0 Å². The largest absolute Gasteiger partial charge is 0.486 e. The van der Waals surface area contributed by atoms with Gasteiger partial charge in [0.15, 0.2) is 12.4 Å². The Bertz CT molecular complexity index is 857. The van der Waals surface area contributed by atoms with E-state index in [0.717, 1.165) is 10.8 Å². The van der Waals surface area contributed by atoms with Gasteiger partial charge in [-0.15, -0.1) is 11.3 Å². The minimum absolute atomic E-state index is 0.0284. The van der Waals surface area contributed by atoms with E-state index in [-0.39, 0.29) is 13.0 Å². The highest BCUT2D eigenvalue weighted by molar-refractivity contribution is 7.09. The number of carbonyl (C=O) groups excluding carboxylic acids is 1. The van der Waals surface area contributed by atoms with E-state index in [2.05, 4.69) is 15.1 Å². The van der Waals surface area contributed by atoms with Gasteiger partial charge in [-0.1, -0.05) is 29.8 Å². The second-order valence-corrected chi connectivity index (χ2v) is 6.57. The molecular weight excluding hydrogens is 354 g/mol. The summed E-state index contributed by atoms with van der Waals surface area (Å²) in [6.45, 7) is 4.28. The lowest BCUT2D eigenvalue weighted by atomic mass is 10.2. The molecule has 136 valence electrons. The minimum atomic E-state index is -0.391. The lowest BCUT2D eigenvalue weighted by Crippen LogP contribution is -2.08. The van der Waals surface area contributed by atoms with Crippen molar-refractivity contribution in [2.24, 2.45) is 0 Å². The number of carbonyl (C=O) groups is 1. The predicted octanol–water partition coefficient (Wildman–Crippen LogP) is 3.26. The van der Waals surface area contributed by atoms with Crippen LogP contribution in [0.15, 0.2) is 34.2 Å². The number of hydrogen-bond donors (Lipinski definition) is 0. The van der Waals surface area contributed by atoms with Crippen molar-refractivity contribution in [3.05, 3.63) is 57.6 Å². The van der Waals surface area contributed by atoms with E-state index in [1.807, 2.05) is 43.5 Å². The molecule has 2 heterocycles. The molecule has 8 heteroatoms. The van der Waals surface area contributed by atoms with E-state index in [0.29, 0.717) is 30.4 Å². The molecule has 0 radical (unpaired) electrons. The van der Waals surface area contributed by atoms with Crippen molar-refractivity contribution in [2.75, 3.05) is 0 Å². The third kappa shape index (κ3) is 5.13. The zero-order valence-corrected chi connectivity index (χ0v) is 15.4. The molecule has 0 aliphatic rings. The Morgan fingerprint density at radius 3 is 2.73 bits per heavy atom. The number of aromatic nitrogens is 3. The number of esters is 1. The number of rotatable bonds is 8. The molecule has 0 N–H and O–H groups in total. The van der Waals surface area contributed by atoms with Crippen LogP contribution < -0.4 is 4.74 Å². The maximum absolute atomic E-state index is 11.9. The lowest BCUT2D eigenvalue weighted by molar-refractivity contribution is -0.144. The van der Waals surface area contributed by atoms with E-state index in [9.17, 15) is 4.79 Å². The molecule has 0 saturated carbocycles. The Labute approximate surface area is 155 Å². The normalized spacial score (nSPS) is 10.7. The zero-order chi connectivity index (χ0) is 18.4. The molecule has 0 saturated heterocycles. The average molecular weight is 373 g/mol. The monoisotopic (exact) mass is 373 g/mol. The molecule has 3 aromatic rings. The van der Waals surface area contributed by atoms with Crippen LogP contribution >= 0.6 is 11.3 Å². The quantitative estimate of drug-likeness (QED) is 0.560. The van der Waals surface area contributed by atoms with Crippen LogP contribution in [-0.4, -0.2) is 21.1 Å². The van der Waals surface area contributed by atoms with Gasteiger partial charge in [0.2, 0.25) is 0 Å². The van der Waals surface area contributed by atoms with Gasteiger partial charge in [-0.25, -0.2) is 4.98 Å². The smallest absolute Gasteiger partial charge is 0.312 e. The van der Waals surface area contributed by atoms with Gasteiger partial charge in [-0.2, -0.15) is 4.98 Å². The van der Waals surface area contributed by atoms with Crippen LogP contribution in [0.3, 0.4) is 0 Å². The second-order valence-electron chi connectivity index (χ2n) is 5.63. The molecule has 1 aromatic carbocycles. The standard InChI is InChI=1S/C18H19N3O4S/c1-3-15-20-16(25-21-15)9-24-18(22)8-13-11-26-17(19-13)10-23-14-6-4-12(2)5-7-14/h4-7,11H,3,8-10H2,1-2H3. The maximum Gasteiger partial charge on any atom is 0.312 e. The van der Waals surface area contributed by atoms with Gasteiger partial charge in [0.25, 0.3) is 5.89 Å². The lowest BCUT2D eigenvalue weighted by Gasteiger charge is -2.03. The predicted molar refractivity (Wildman–Crippen MR) is 94.8 cm³/mol. The summed E-state index contributed by atoms with van der Waals surface area (Å²) in [6.07, 6.45) is 0.763. The highest BCUT2D eigenvalue weighted by atomic mass is 32.1. The number of aryl methyl sites for hydroxylation is 2. The Morgan fingerprint density at radius 1 is 1.19 bits per heavy atom. The van der Waals surface area contributed by atoms with Crippen molar-refractivity contribution in [3.8, 4) is 5.75 Å². The van der Waals surface area contributed by atoms with Crippen molar-refractivity contribution < 1.29 is 18.8 Å². The fourth-order valence-electron chi connectivity index (χ4n) is 2.11. The molecule has 0 fully saturated rings. The van der Waals surface area contributed by atoms with E-state index in [4.69, 9.17) is 14.0 Å². The Kier molecular flexibility index (Phi) is 5.96. The SMILES string of the molecule is CCc1noc(COC(=O)Cc2csc(COc3ccc(C)cc3)n2)n1. The molecule has 0 atom stereocenters. The van der Waals surface area contributed by atoms with Crippen molar-refractivity contribution in [1.82, 2.24) is 15.1 Å². The third-order valence-corrected chi connectivity index (χ3v) is 4.36. The molecule has 0 aliphatic carbocycles. The molecule has 26 heavy (non-hydrogen) atoms. The number of ether oxygens (including phenoxy) is 2. The van der Waals surface area contributed by atoms with E-state index in [1.54, 1.807) is 0 Å². The van der Waals surface area contributed by atoms with Crippen molar-refractivity contribution in [2.45, 2.75) is 39.9 Å². The van der Waals surface area contributed by atoms with Gasteiger partial charge in [0.05, 0.1) is 12.1 Å². The first-order valence-electron chi connectivity index (χ1n) is 8.22. The van der Waals surface area contributed by atoms with Crippen LogP contribution in [0.4, 0.5) is 0 Å². The fraction of sp³-hybridized carbons (Fsp3) is 0.333. The first-order valence-corrected chi connectivity index (χ1v) is 9.10. The zero-order valence-electron chi connectivity index (χ0n) is 14.6. The molecule has 0 unspecified atom stereocenters. The minimum Gasteiger partial charge on any atom is -0.486 e. The summed E-state index contributed by atoms with van der Waals surface area (Å²) < 4.78 is 15.8. The summed E-state index contributed by atoms with van der Waals surface area (Å²) in [5, 5.41) is 6.38. The van der Waals surface area contributed by atoms with Gasteiger partial charge in [-0.05, 0) is 19.1 Å². The Morgan fingerprint density at radius 2 is 2.00 bits per heavy atom. The van der Waals surface area contributed by atoms with Crippen LogP contribution in [0.5, 0.6) is 5.75 Å². The van der Waals surface area contributed by atoms with Crippen LogP contribution in [-0.2, 0) is 35.6 Å². The van der Waals surface area contributed by atoms with Gasteiger partial charge in [0.1, 0.15) is 17.4 Å². The Balaban J connectivity index is 1.45. The molecule has 0 aliphatic heterocycles. The van der Waals surface area contributed by atoms with E-state index >= 15 is 0 Å². The molecular formula is C18H19N3O4S. The Hall–Kier alpha value is -2.74. The number of thiazole rings is 1. The van der Waals surface area contributed by atoms with Crippen LogP contribution in [0.1, 0.15) is 34.9 Å². The van der Waals surface area contributed by atoms with Crippen molar-refractivity contribution in [3.63, 3.8) is 0 Å². The summed E-state index contributed by atoms with van der Waals surface area (Å²) in [7, 11) is 0. The summed E-state index contributed by atoms with van der Waals surface area (Å²) in [5.41, 5.74) is 1.83. The molecule has 0 spiro atoms. The van der Waals surface area contributed by atoms with Gasteiger partial charge in [-0.3, -0.25) is 4.79 Å². The third-order valence-electron chi connectivity index (χ3n) is 3.49. The summed E-state index contributed by atoms with van der Waals surface area (Å²) in [6, 6.07) is 7.82. The van der Waals surface area contributed by atoms with Crippen molar-refractivity contribution >= 4 is 17.3 Å². The van der Waals surface area contributed by atoms with Gasteiger partial charge in [0, 0.05) is 11.8 Å². The van der Waals surface area contributed by atoms with Crippen molar-refractivity contribution in [1.29, 1.82) is 0 Å². The van der Waals surface area contributed by atoms with E-state index in [1.165, 1.54) is 16.9 Å². The van der Waals surface area contributed by atoms with Gasteiger partial charge < -0.3 is 14.0 Å². The number of nitrogens with zero attached hydrogens (tertiary/aromatic N) is 3. The molecule has 7 nitrogen and oxygen atoms in total. The van der Waals surface area contributed by atoms with Crippen LogP contribution in [0.25, 0.3) is 0 Å². The number of hydrogen-bond acceptors (Lipinski definition) is 8. The van der Waals surface area contributed by atoms with E-state index < -0.39 is 5.97 Å². The van der Waals surface area contributed by atoms with Gasteiger partial charge >= 0.3 is 5.97 Å². The highest BCUT2D eigenvalue weighted by Crippen LogP contribution is 2.16. The number of benzene rings is 1.